The van der Waals surface area contributed by atoms with Crippen molar-refractivity contribution in [1.82, 2.24) is 14.9 Å². The number of rotatable bonds is 6. The largest absolute Gasteiger partial charge is 0.489 e. The minimum atomic E-state index is -0.666. The van der Waals surface area contributed by atoms with Gasteiger partial charge in [0.15, 0.2) is 17.3 Å². The molecule has 2 saturated heterocycles. The van der Waals surface area contributed by atoms with Gasteiger partial charge in [-0.1, -0.05) is 13.0 Å². The number of amidine groups is 1. The van der Waals surface area contributed by atoms with Crippen molar-refractivity contribution in [3.8, 4) is 5.75 Å². The molecule has 0 bridgehead atoms. The predicted octanol–water partition coefficient (Wildman–Crippen LogP) is 2.24. The summed E-state index contributed by atoms with van der Waals surface area (Å²) in [4.78, 5) is 43.3. The number of amides is 2. The first-order valence-corrected chi connectivity index (χ1v) is 13.9. The van der Waals surface area contributed by atoms with Crippen LogP contribution in [0.3, 0.4) is 0 Å². The van der Waals surface area contributed by atoms with Gasteiger partial charge >= 0.3 is 0 Å². The summed E-state index contributed by atoms with van der Waals surface area (Å²) in [5.74, 6) is 1.66. The Morgan fingerprint density at radius 3 is 2.80 bits per heavy atom. The quantitative estimate of drug-likeness (QED) is 0.496. The number of fused-ring (bicyclic) bond motifs is 3. The average Bonchev–Trinajstić information content (AvgIpc) is 2.97. The number of hydrogen-bond acceptors (Lipinski definition) is 10. The van der Waals surface area contributed by atoms with E-state index in [1.165, 1.54) is 0 Å². The van der Waals surface area contributed by atoms with Crippen molar-refractivity contribution in [2.45, 2.75) is 44.7 Å². The molecular formula is C28H34N8O4. The summed E-state index contributed by atoms with van der Waals surface area (Å²) in [7, 11) is 0. The number of ether oxygens (including phenoxy) is 2. The SMILES string of the molecule is CCc1nc(C(N)=O)c(Nc2ccc3c(c2)OCC2CN(C4=NCCC=C4)CC(=O)N32)nc1NC1CCOCC1. The lowest BCUT2D eigenvalue weighted by atomic mass is 10.1. The maximum absolute atomic E-state index is 13.3. The molecule has 4 aliphatic heterocycles. The molecule has 210 valence electrons. The molecule has 2 aromatic rings. The fourth-order valence-electron chi connectivity index (χ4n) is 5.53. The second-order valence-electron chi connectivity index (χ2n) is 10.3. The number of primary amides is 1. The summed E-state index contributed by atoms with van der Waals surface area (Å²) in [6, 6.07) is 5.60. The number of nitrogens with one attached hydrogen (secondary N) is 2. The Hall–Kier alpha value is -4.19. The molecule has 2 amide bonds. The number of nitrogens with two attached hydrogens (primary N) is 1. The van der Waals surface area contributed by atoms with Crippen molar-refractivity contribution < 1.29 is 19.1 Å². The lowest BCUT2D eigenvalue weighted by Crippen LogP contribution is -2.61. The Morgan fingerprint density at radius 1 is 1.20 bits per heavy atom. The van der Waals surface area contributed by atoms with Crippen LogP contribution in [0.1, 0.15) is 42.4 Å². The summed E-state index contributed by atoms with van der Waals surface area (Å²) in [5.41, 5.74) is 7.80. The molecule has 0 saturated carbocycles. The number of hydrogen-bond donors (Lipinski definition) is 3. The third kappa shape index (κ3) is 5.18. The first-order valence-electron chi connectivity index (χ1n) is 13.9. The van der Waals surface area contributed by atoms with Crippen LogP contribution in [0, 0.1) is 0 Å². The second-order valence-corrected chi connectivity index (χ2v) is 10.3. The molecule has 1 unspecified atom stereocenters. The highest BCUT2D eigenvalue weighted by molar-refractivity contribution is 6.03. The molecule has 6 rings (SSSR count). The molecule has 4 aliphatic rings. The van der Waals surface area contributed by atoms with E-state index in [4.69, 9.17) is 20.2 Å². The standard InChI is InChI=1S/C28H34N8O4/c1-2-20-27(31-17-8-11-39-12-9-17)34-28(25(33-20)26(29)38)32-18-6-7-21-22(13-18)40-16-19-14-35(15-24(37)36(19)21)23-5-3-4-10-30-23/h3,5-7,13,17,19H,2,4,8-12,14-16H2,1H3,(H2,29,38)(H2,31,32,34). The maximum atomic E-state index is 13.3. The number of nitrogens with zero attached hydrogens (tertiary/aromatic N) is 5. The van der Waals surface area contributed by atoms with Gasteiger partial charge in [-0.05, 0) is 43.9 Å². The molecule has 40 heavy (non-hydrogen) atoms. The second kappa shape index (κ2) is 11.1. The van der Waals surface area contributed by atoms with Crippen molar-refractivity contribution in [2.24, 2.45) is 10.7 Å². The number of aromatic nitrogens is 2. The zero-order valence-electron chi connectivity index (χ0n) is 22.6. The van der Waals surface area contributed by atoms with E-state index < -0.39 is 5.91 Å². The third-order valence-electron chi connectivity index (χ3n) is 7.56. The summed E-state index contributed by atoms with van der Waals surface area (Å²) in [6.45, 7) is 5.38. The van der Waals surface area contributed by atoms with E-state index in [0.29, 0.717) is 55.7 Å². The van der Waals surface area contributed by atoms with E-state index in [-0.39, 0.29) is 36.0 Å². The lowest BCUT2D eigenvalue weighted by Gasteiger charge is -2.44. The molecule has 5 heterocycles. The normalized spacial score (nSPS) is 20.8. The number of dihydropyridines is 1. The van der Waals surface area contributed by atoms with Gasteiger partial charge in [0.05, 0.1) is 24.0 Å². The van der Waals surface area contributed by atoms with Crippen LogP contribution in [0.15, 0.2) is 35.3 Å². The van der Waals surface area contributed by atoms with E-state index in [2.05, 4.69) is 26.7 Å². The van der Waals surface area contributed by atoms with Crippen LogP contribution >= 0.6 is 0 Å². The van der Waals surface area contributed by atoms with E-state index >= 15 is 0 Å². The van der Waals surface area contributed by atoms with Crippen LogP contribution in [0.5, 0.6) is 5.75 Å². The molecule has 0 radical (unpaired) electrons. The summed E-state index contributed by atoms with van der Waals surface area (Å²) >= 11 is 0. The Bertz CT molecular complexity index is 1370. The number of anilines is 4. The fourth-order valence-corrected chi connectivity index (χ4v) is 5.53. The molecule has 1 aromatic carbocycles. The number of carbonyl (C=O) groups is 2. The zero-order valence-corrected chi connectivity index (χ0v) is 22.6. The van der Waals surface area contributed by atoms with Gasteiger partial charge in [-0.15, -0.1) is 0 Å². The Labute approximate surface area is 232 Å². The van der Waals surface area contributed by atoms with Crippen LogP contribution in [0.25, 0.3) is 0 Å². The molecule has 12 nitrogen and oxygen atoms in total. The first-order chi connectivity index (χ1) is 19.5. The Balaban J connectivity index is 1.24. The van der Waals surface area contributed by atoms with Crippen molar-refractivity contribution >= 4 is 40.7 Å². The first kappa shape index (κ1) is 26.1. The predicted molar refractivity (Wildman–Crippen MR) is 152 cm³/mol. The highest BCUT2D eigenvalue weighted by Crippen LogP contribution is 2.38. The molecule has 0 spiro atoms. The molecule has 1 atom stereocenters. The maximum Gasteiger partial charge on any atom is 0.271 e. The van der Waals surface area contributed by atoms with Crippen molar-refractivity contribution in [3.63, 3.8) is 0 Å². The van der Waals surface area contributed by atoms with Gasteiger partial charge < -0.3 is 30.7 Å². The number of carbonyl (C=O) groups excluding carboxylic acids is 2. The summed E-state index contributed by atoms with van der Waals surface area (Å²) in [5, 5.41) is 6.69. The van der Waals surface area contributed by atoms with Crippen molar-refractivity contribution in [3.05, 3.63) is 41.7 Å². The van der Waals surface area contributed by atoms with Crippen molar-refractivity contribution in [1.29, 1.82) is 0 Å². The number of aryl methyl sites for hydroxylation is 1. The average molecular weight is 547 g/mol. The van der Waals surface area contributed by atoms with Crippen LogP contribution in [0.4, 0.5) is 23.0 Å². The highest BCUT2D eigenvalue weighted by atomic mass is 16.5. The van der Waals surface area contributed by atoms with Crippen LogP contribution in [-0.2, 0) is 16.0 Å². The number of piperazine rings is 1. The smallest absolute Gasteiger partial charge is 0.271 e. The van der Waals surface area contributed by atoms with Crippen LogP contribution in [0.2, 0.25) is 0 Å². The Morgan fingerprint density at radius 2 is 2.05 bits per heavy atom. The van der Waals surface area contributed by atoms with Crippen LogP contribution in [-0.4, -0.2) is 84.1 Å². The number of benzene rings is 1. The molecule has 0 aliphatic carbocycles. The number of aliphatic imine (C=N–C) groups is 1. The van der Waals surface area contributed by atoms with Gasteiger partial charge in [0.25, 0.3) is 5.91 Å². The van der Waals surface area contributed by atoms with E-state index in [9.17, 15) is 9.59 Å². The van der Waals surface area contributed by atoms with Crippen molar-refractivity contribution in [2.75, 3.05) is 55.0 Å². The minimum Gasteiger partial charge on any atom is -0.489 e. The van der Waals surface area contributed by atoms with Gasteiger partial charge in [0, 0.05) is 44.1 Å². The summed E-state index contributed by atoms with van der Waals surface area (Å²) < 4.78 is 11.6. The van der Waals surface area contributed by atoms with Gasteiger partial charge in [0.2, 0.25) is 5.91 Å². The molecule has 12 heteroatoms. The summed E-state index contributed by atoms with van der Waals surface area (Å²) in [6.07, 6.45) is 7.34. The molecule has 1 aromatic heterocycles. The van der Waals surface area contributed by atoms with E-state index in [1.54, 1.807) is 0 Å². The Kier molecular flexibility index (Phi) is 7.25. The third-order valence-corrected chi connectivity index (χ3v) is 7.56. The van der Waals surface area contributed by atoms with Gasteiger partial charge in [-0.25, -0.2) is 9.97 Å². The highest BCUT2D eigenvalue weighted by Gasteiger charge is 2.39. The lowest BCUT2D eigenvalue weighted by molar-refractivity contribution is -0.121. The molecule has 4 N–H and O–H groups in total. The van der Waals surface area contributed by atoms with Gasteiger partial charge in [-0.2, -0.15) is 0 Å². The minimum absolute atomic E-state index is 0.00375. The van der Waals surface area contributed by atoms with E-state index in [1.807, 2.05) is 41.0 Å². The molecular weight excluding hydrogens is 512 g/mol. The van der Waals surface area contributed by atoms with Crippen LogP contribution < -0.4 is 26.0 Å². The van der Waals surface area contributed by atoms with E-state index in [0.717, 1.165) is 37.3 Å². The molecule has 2 fully saturated rings. The van der Waals surface area contributed by atoms with Gasteiger partial charge in [0.1, 0.15) is 18.2 Å². The van der Waals surface area contributed by atoms with Gasteiger partial charge in [-0.3, -0.25) is 19.5 Å². The zero-order chi connectivity index (χ0) is 27.6. The fraction of sp³-hybridized carbons (Fsp3) is 0.464. The monoisotopic (exact) mass is 546 g/mol. The topological polar surface area (TPSA) is 147 Å².